The van der Waals surface area contributed by atoms with E-state index in [-0.39, 0.29) is 0 Å². The molecule has 2 nitrogen and oxygen atoms in total. The van der Waals surface area contributed by atoms with E-state index in [9.17, 15) is 0 Å². The van der Waals surface area contributed by atoms with Crippen molar-refractivity contribution in [3.63, 3.8) is 0 Å². The van der Waals surface area contributed by atoms with Crippen molar-refractivity contribution in [2.45, 2.75) is 0 Å². The van der Waals surface area contributed by atoms with Crippen LogP contribution in [0.2, 0.25) is 0 Å². The first-order valence-electron chi connectivity index (χ1n) is 18.0. The van der Waals surface area contributed by atoms with Crippen LogP contribution in [0.4, 0.5) is 0 Å². The van der Waals surface area contributed by atoms with Gasteiger partial charge < -0.3 is 9.13 Å². The van der Waals surface area contributed by atoms with E-state index in [1.165, 1.54) is 104 Å². The molecule has 1 aliphatic carbocycles. The van der Waals surface area contributed by atoms with Gasteiger partial charge in [0, 0.05) is 32.9 Å². The minimum Gasteiger partial charge on any atom is -0.309 e. The molecule has 9 aromatic carbocycles. The van der Waals surface area contributed by atoms with E-state index in [0.29, 0.717) is 0 Å². The molecule has 2 aromatic heterocycles. The van der Waals surface area contributed by atoms with Crippen LogP contribution in [0.5, 0.6) is 0 Å². The minimum atomic E-state index is 1.16. The molecule has 2 heteroatoms. The zero-order valence-electron chi connectivity index (χ0n) is 28.2. The topological polar surface area (TPSA) is 9.86 Å². The number of benzene rings is 9. The number of aromatic nitrogens is 2. The SMILES string of the molecule is c1ccc(-c2ccc(-n3c4ccccc4c4ccc5c(c6c7ccccc7ccc6n5-c5cc6c7c(cccc7c5)-c5ccccc5-6)c43)cc2)cc1. The second-order valence-electron chi connectivity index (χ2n) is 14.1. The van der Waals surface area contributed by atoms with Crippen LogP contribution in [-0.2, 0) is 0 Å². The van der Waals surface area contributed by atoms with Gasteiger partial charge in [0.2, 0.25) is 0 Å². The van der Waals surface area contributed by atoms with Gasteiger partial charge in [-0.3, -0.25) is 0 Å². The Bertz CT molecular complexity index is 3270. The summed E-state index contributed by atoms with van der Waals surface area (Å²) < 4.78 is 5.01. The third-order valence-corrected chi connectivity index (χ3v) is 11.4. The van der Waals surface area contributed by atoms with Gasteiger partial charge in [-0.1, -0.05) is 140 Å². The average molecular weight is 659 g/mol. The monoisotopic (exact) mass is 658 g/mol. The Labute approximate surface area is 300 Å². The Morgan fingerprint density at radius 3 is 1.81 bits per heavy atom. The molecule has 0 unspecified atom stereocenters. The molecule has 12 rings (SSSR count). The van der Waals surface area contributed by atoms with E-state index in [0.717, 1.165) is 5.69 Å². The van der Waals surface area contributed by atoms with Gasteiger partial charge in [-0.05, 0) is 97.4 Å². The molecule has 0 bridgehead atoms. The highest BCUT2D eigenvalue weighted by Gasteiger charge is 2.25. The zero-order valence-corrected chi connectivity index (χ0v) is 28.2. The molecule has 0 fully saturated rings. The lowest BCUT2D eigenvalue weighted by atomic mass is 10.0. The lowest BCUT2D eigenvalue weighted by Gasteiger charge is -2.13. The third kappa shape index (κ3) is 3.68. The van der Waals surface area contributed by atoms with Crippen LogP contribution in [0.15, 0.2) is 182 Å². The molecule has 0 saturated heterocycles. The van der Waals surface area contributed by atoms with E-state index in [2.05, 4.69) is 191 Å². The Balaban J connectivity index is 1.23. The van der Waals surface area contributed by atoms with Crippen molar-refractivity contribution in [2.75, 3.05) is 0 Å². The number of fused-ring (bicyclic) bond motifs is 12. The number of nitrogens with zero attached hydrogens (tertiary/aromatic N) is 2. The maximum absolute atomic E-state index is 2.51. The number of rotatable bonds is 3. The maximum Gasteiger partial charge on any atom is 0.0641 e. The van der Waals surface area contributed by atoms with Gasteiger partial charge >= 0.3 is 0 Å². The van der Waals surface area contributed by atoms with Crippen LogP contribution < -0.4 is 0 Å². The first-order valence-corrected chi connectivity index (χ1v) is 18.0. The van der Waals surface area contributed by atoms with Gasteiger partial charge in [-0.2, -0.15) is 0 Å². The second-order valence-corrected chi connectivity index (χ2v) is 14.1. The summed E-state index contributed by atoms with van der Waals surface area (Å²) in [6.07, 6.45) is 0. The van der Waals surface area contributed by atoms with Gasteiger partial charge in [0.25, 0.3) is 0 Å². The van der Waals surface area contributed by atoms with Crippen LogP contribution in [0, 0.1) is 0 Å². The van der Waals surface area contributed by atoms with Gasteiger partial charge in [-0.15, -0.1) is 0 Å². The minimum absolute atomic E-state index is 1.16. The summed E-state index contributed by atoms with van der Waals surface area (Å²) in [5.74, 6) is 0. The molecule has 52 heavy (non-hydrogen) atoms. The van der Waals surface area contributed by atoms with Gasteiger partial charge in [-0.25, -0.2) is 0 Å². The lowest BCUT2D eigenvalue weighted by molar-refractivity contribution is 1.18. The number of para-hydroxylation sites is 1. The molecular weight excluding hydrogens is 629 g/mol. The fraction of sp³-hybridized carbons (Fsp3) is 0. The van der Waals surface area contributed by atoms with Crippen LogP contribution in [0.25, 0.3) is 110 Å². The normalized spacial score (nSPS) is 12.2. The van der Waals surface area contributed by atoms with Crippen molar-refractivity contribution < 1.29 is 0 Å². The molecule has 0 aliphatic heterocycles. The molecule has 0 spiro atoms. The second kappa shape index (κ2) is 10.3. The summed E-state index contributed by atoms with van der Waals surface area (Å²) in [5, 5.41) is 10.2. The summed E-state index contributed by atoms with van der Waals surface area (Å²) in [5.41, 5.74) is 14.9. The highest BCUT2D eigenvalue weighted by molar-refractivity contribution is 6.31. The highest BCUT2D eigenvalue weighted by Crippen LogP contribution is 2.50. The predicted octanol–water partition coefficient (Wildman–Crippen LogP) is 13.5. The maximum atomic E-state index is 2.51. The van der Waals surface area contributed by atoms with Crippen molar-refractivity contribution in [2.24, 2.45) is 0 Å². The van der Waals surface area contributed by atoms with Crippen LogP contribution in [0.3, 0.4) is 0 Å². The van der Waals surface area contributed by atoms with Gasteiger partial charge in [0.05, 0.1) is 22.1 Å². The molecule has 1 aliphatic rings. The molecule has 240 valence electrons. The fourth-order valence-corrected chi connectivity index (χ4v) is 9.23. The lowest BCUT2D eigenvalue weighted by Crippen LogP contribution is -1.96. The van der Waals surface area contributed by atoms with Crippen LogP contribution in [0.1, 0.15) is 0 Å². The quantitative estimate of drug-likeness (QED) is 0.179. The van der Waals surface area contributed by atoms with Gasteiger partial charge in [0.15, 0.2) is 0 Å². The number of hydrogen-bond acceptors (Lipinski definition) is 0. The summed E-state index contributed by atoms with van der Waals surface area (Å²) in [6.45, 7) is 0. The fourth-order valence-electron chi connectivity index (χ4n) is 9.23. The standard InChI is InChI=1S/C50H30N2/c1-2-11-31(12-3-1)32-21-24-35(25-22-32)52-44-20-9-8-18-40(44)42-26-28-46-49(50(42)52)48-37-15-5-4-13-33(37)23-27-45(48)51(46)36-29-34-14-10-19-41-38-16-6-7-17-39(38)43(30-36)47(34)41/h1-30H. The largest absolute Gasteiger partial charge is 0.309 e. The van der Waals surface area contributed by atoms with E-state index >= 15 is 0 Å². The first-order chi connectivity index (χ1) is 25.8. The molecule has 0 atom stereocenters. The first kappa shape index (κ1) is 27.9. The smallest absolute Gasteiger partial charge is 0.0641 e. The highest BCUT2D eigenvalue weighted by atomic mass is 15.0. The van der Waals surface area contributed by atoms with Crippen molar-refractivity contribution in [3.05, 3.63) is 182 Å². The summed E-state index contributed by atoms with van der Waals surface area (Å²) in [4.78, 5) is 0. The number of hydrogen-bond donors (Lipinski definition) is 0. The molecular formula is C50H30N2. The van der Waals surface area contributed by atoms with Crippen LogP contribution >= 0.6 is 0 Å². The summed E-state index contributed by atoms with van der Waals surface area (Å²) in [7, 11) is 0. The summed E-state index contributed by atoms with van der Waals surface area (Å²) >= 11 is 0. The predicted molar refractivity (Wildman–Crippen MR) is 220 cm³/mol. The summed E-state index contributed by atoms with van der Waals surface area (Å²) in [6, 6.07) is 67.2. The Kier molecular flexibility index (Phi) is 5.53. The molecule has 0 amide bonds. The molecule has 0 radical (unpaired) electrons. The van der Waals surface area contributed by atoms with Crippen molar-refractivity contribution in [1.29, 1.82) is 0 Å². The Hall–Kier alpha value is -6.90. The van der Waals surface area contributed by atoms with Gasteiger partial charge in [0.1, 0.15) is 0 Å². The zero-order chi connectivity index (χ0) is 33.9. The van der Waals surface area contributed by atoms with Crippen molar-refractivity contribution in [1.82, 2.24) is 9.13 Å². The average Bonchev–Trinajstić information content (AvgIpc) is 3.85. The van der Waals surface area contributed by atoms with Crippen LogP contribution in [-0.4, -0.2) is 9.13 Å². The molecule has 11 aromatic rings. The molecule has 0 saturated carbocycles. The molecule has 0 N–H and O–H groups in total. The van der Waals surface area contributed by atoms with Crippen molar-refractivity contribution >= 4 is 65.2 Å². The van der Waals surface area contributed by atoms with E-state index in [4.69, 9.17) is 0 Å². The van der Waals surface area contributed by atoms with E-state index in [1.807, 2.05) is 0 Å². The van der Waals surface area contributed by atoms with E-state index in [1.54, 1.807) is 0 Å². The molecule has 2 heterocycles. The van der Waals surface area contributed by atoms with Crippen molar-refractivity contribution in [3.8, 4) is 44.8 Å². The Morgan fingerprint density at radius 1 is 0.288 bits per heavy atom. The van der Waals surface area contributed by atoms with E-state index < -0.39 is 0 Å². The Morgan fingerprint density at radius 2 is 0.942 bits per heavy atom. The third-order valence-electron chi connectivity index (χ3n) is 11.4.